The van der Waals surface area contributed by atoms with Crippen molar-refractivity contribution in [1.29, 1.82) is 0 Å². The number of aromatic hydroxyl groups is 1. The summed E-state index contributed by atoms with van der Waals surface area (Å²) in [6.45, 7) is 3.05. The third kappa shape index (κ3) is 13.6. The van der Waals surface area contributed by atoms with Crippen molar-refractivity contribution in [2.45, 2.75) is 88.6 Å². The molecule has 1 aliphatic heterocycles. The summed E-state index contributed by atoms with van der Waals surface area (Å²) in [5.41, 5.74) is 7.13. The van der Waals surface area contributed by atoms with Crippen LogP contribution in [0.4, 0.5) is 0 Å². The van der Waals surface area contributed by atoms with E-state index in [1.54, 1.807) is 26.0 Å². The molecule has 6 atom stereocenters. The molecule has 2 aromatic heterocycles. The number of hydrogen-bond donors (Lipinski definition) is 10. The number of phenolic OH excluding ortho intramolecular Hbond substituents is 1. The zero-order chi connectivity index (χ0) is 43.1. The van der Waals surface area contributed by atoms with E-state index < -0.39 is 83.6 Å². The van der Waals surface area contributed by atoms with Crippen LogP contribution in [0.5, 0.6) is 5.75 Å². The molecule has 320 valence electrons. The van der Waals surface area contributed by atoms with Crippen LogP contribution >= 0.6 is 11.8 Å². The zero-order valence-electron chi connectivity index (χ0n) is 33.1. The fourth-order valence-corrected chi connectivity index (χ4v) is 7.03. The van der Waals surface area contributed by atoms with Gasteiger partial charge in [-0.2, -0.15) is 11.8 Å². The Balaban J connectivity index is 1.55. The summed E-state index contributed by atoms with van der Waals surface area (Å²) in [6.07, 6.45) is 8.37. The second kappa shape index (κ2) is 22.3. The van der Waals surface area contributed by atoms with Gasteiger partial charge < -0.3 is 57.4 Å². The average Bonchev–Trinajstić information content (AvgIpc) is 4.02. The van der Waals surface area contributed by atoms with Crippen LogP contribution in [0.25, 0.3) is 0 Å². The Labute approximate surface area is 345 Å². The van der Waals surface area contributed by atoms with E-state index in [-0.39, 0.29) is 50.9 Å². The Bertz CT molecular complexity index is 1880. The smallest absolute Gasteiger partial charge is 0.326 e. The number of phenols is 1. The minimum atomic E-state index is -1.24. The molecule has 0 spiro atoms. The van der Waals surface area contributed by atoms with Crippen LogP contribution in [0.15, 0.2) is 49.3 Å². The highest BCUT2D eigenvalue weighted by atomic mass is 32.2. The lowest BCUT2D eigenvalue weighted by atomic mass is 10.0. The molecule has 1 aliphatic rings. The number of carbonyl (C=O) groups excluding carboxylic acids is 6. The Morgan fingerprint density at radius 1 is 0.831 bits per heavy atom. The molecular weight excluding hydrogens is 787 g/mol. The maximum Gasteiger partial charge on any atom is 0.326 e. The van der Waals surface area contributed by atoms with Gasteiger partial charge in [-0.15, -0.1) is 0 Å². The van der Waals surface area contributed by atoms with Gasteiger partial charge in [0.05, 0.1) is 19.2 Å². The van der Waals surface area contributed by atoms with Crippen molar-refractivity contribution in [2.75, 3.05) is 25.1 Å². The molecule has 0 radical (unpaired) electrons. The van der Waals surface area contributed by atoms with Crippen molar-refractivity contribution >= 4 is 53.2 Å². The summed E-state index contributed by atoms with van der Waals surface area (Å²) >= 11 is 1.43. The molecule has 0 aliphatic carbocycles. The molecule has 1 fully saturated rings. The number of carboxylic acids is 1. The van der Waals surface area contributed by atoms with E-state index in [9.17, 15) is 43.8 Å². The Morgan fingerprint density at radius 3 is 1.95 bits per heavy atom. The third-order valence-electron chi connectivity index (χ3n) is 9.73. The highest BCUT2D eigenvalue weighted by molar-refractivity contribution is 7.98. The number of nitrogens with one attached hydrogen (secondary N) is 7. The molecule has 1 saturated heterocycles. The first-order valence-corrected chi connectivity index (χ1v) is 20.6. The van der Waals surface area contributed by atoms with Crippen LogP contribution in [0, 0.1) is 5.92 Å². The van der Waals surface area contributed by atoms with Crippen molar-refractivity contribution in [3.8, 4) is 5.75 Å². The average molecular weight is 840 g/mol. The minimum absolute atomic E-state index is 0.00519. The molecule has 0 bridgehead atoms. The van der Waals surface area contributed by atoms with Gasteiger partial charge in [-0.05, 0) is 54.9 Å². The summed E-state index contributed by atoms with van der Waals surface area (Å²) < 4.78 is 0. The molecule has 59 heavy (non-hydrogen) atoms. The predicted molar refractivity (Wildman–Crippen MR) is 215 cm³/mol. The highest BCUT2D eigenvalue weighted by Gasteiger charge is 2.40. The van der Waals surface area contributed by atoms with E-state index in [1.165, 1.54) is 53.8 Å². The highest BCUT2D eigenvalue weighted by Crippen LogP contribution is 2.21. The number of imidazole rings is 2. The number of carboxylic acid groups (broad SMARTS) is 1. The first-order chi connectivity index (χ1) is 28.2. The van der Waals surface area contributed by atoms with Crippen LogP contribution in [-0.2, 0) is 52.8 Å². The van der Waals surface area contributed by atoms with Crippen LogP contribution in [0.3, 0.4) is 0 Å². The molecule has 21 heteroatoms. The Kier molecular flexibility index (Phi) is 17.3. The van der Waals surface area contributed by atoms with Gasteiger partial charge in [0.15, 0.2) is 0 Å². The van der Waals surface area contributed by atoms with Crippen molar-refractivity contribution in [3.05, 3.63) is 66.3 Å². The Morgan fingerprint density at radius 2 is 1.41 bits per heavy atom. The number of amides is 6. The summed E-state index contributed by atoms with van der Waals surface area (Å²) in [5.74, 6) is -5.20. The van der Waals surface area contributed by atoms with Crippen molar-refractivity contribution < 1.29 is 43.8 Å². The van der Waals surface area contributed by atoms with Gasteiger partial charge in [-0.25, -0.2) is 14.8 Å². The molecule has 0 unspecified atom stereocenters. The number of aromatic amines is 2. The van der Waals surface area contributed by atoms with E-state index in [2.05, 4.69) is 46.5 Å². The van der Waals surface area contributed by atoms with E-state index in [1.807, 2.05) is 6.26 Å². The lowest BCUT2D eigenvalue weighted by Crippen LogP contribution is -2.60. The number of benzene rings is 1. The van der Waals surface area contributed by atoms with Crippen LogP contribution < -0.4 is 32.3 Å². The summed E-state index contributed by atoms with van der Waals surface area (Å²) in [7, 11) is 0. The molecule has 11 N–H and O–H groups in total. The largest absolute Gasteiger partial charge is 0.508 e. The molecule has 3 heterocycles. The number of likely N-dealkylation sites (tertiary alicyclic amines) is 1. The summed E-state index contributed by atoms with van der Waals surface area (Å²) in [4.78, 5) is 109. The second-order valence-electron chi connectivity index (χ2n) is 14.5. The Hall–Kier alpha value is -5.96. The molecule has 0 saturated carbocycles. The van der Waals surface area contributed by atoms with Gasteiger partial charge in [-0.1, -0.05) is 26.0 Å². The van der Waals surface area contributed by atoms with E-state index in [4.69, 9.17) is 5.73 Å². The quantitative estimate of drug-likeness (QED) is 0.0566. The van der Waals surface area contributed by atoms with E-state index in [0.29, 0.717) is 29.1 Å². The van der Waals surface area contributed by atoms with Crippen molar-refractivity contribution in [1.82, 2.24) is 51.4 Å². The number of H-pyrrole nitrogens is 2. The lowest BCUT2D eigenvalue weighted by molar-refractivity contribution is -0.143. The summed E-state index contributed by atoms with van der Waals surface area (Å²) in [6, 6.07) is -0.958. The zero-order valence-corrected chi connectivity index (χ0v) is 33.9. The monoisotopic (exact) mass is 839 g/mol. The number of hydrogen-bond acceptors (Lipinski definition) is 12. The van der Waals surface area contributed by atoms with E-state index >= 15 is 0 Å². The molecule has 4 rings (SSSR count). The molecule has 1 aromatic carbocycles. The maximum atomic E-state index is 14.4. The normalized spacial score (nSPS) is 16.3. The second-order valence-corrected chi connectivity index (χ2v) is 15.5. The van der Waals surface area contributed by atoms with Crippen LogP contribution in [-0.4, -0.2) is 138 Å². The van der Waals surface area contributed by atoms with Gasteiger partial charge in [0.25, 0.3) is 0 Å². The van der Waals surface area contributed by atoms with Gasteiger partial charge >= 0.3 is 5.97 Å². The lowest BCUT2D eigenvalue weighted by Gasteiger charge is -2.31. The van der Waals surface area contributed by atoms with E-state index in [0.717, 1.165) is 0 Å². The molecule has 3 aromatic rings. The third-order valence-corrected chi connectivity index (χ3v) is 10.4. The maximum absolute atomic E-state index is 14.4. The van der Waals surface area contributed by atoms with Gasteiger partial charge in [0.2, 0.25) is 35.4 Å². The number of aliphatic carboxylic acids is 1. The van der Waals surface area contributed by atoms with Crippen LogP contribution in [0.2, 0.25) is 0 Å². The number of carbonyl (C=O) groups is 7. The minimum Gasteiger partial charge on any atom is -0.508 e. The van der Waals surface area contributed by atoms with Crippen molar-refractivity contribution in [2.24, 2.45) is 11.7 Å². The molecular formula is C38H53N11O9S. The molecule has 20 nitrogen and oxygen atoms in total. The number of aromatic nitrogens is 4. The number of rotatable bonds is 22. The predicted octanol–water partition coefficient (Wildman–Crippen LogP) is -1.27. The molecule has 6 amide bonds. The van der Waals surface area contributed by atoms with Gasteiger partial charge in [0.1, 0.15) is 42.0 Å². The fourth-order valence-electron chi connectivity index (χ4n) is 6.56. The fraction of sp³-hybridized carbons (Fsp3) is 0.500. The number of thioether (sulfide) groups is 1. The topological polar surface area (TPSA) is 307 Å². The number of nitrogens with zero attached hydrogens (tertiary/aromatic N) is 3. The SMILES string of the molecule is CSCC[C@H](NC(=O)[C@@H]1CCCN1C(=O)[C@H](Cc1ccc(O)cc1)NC(=O)[C@H](Cc1cnc[nH]1)NC(=O)CN)C(=O)N[C@@H](Cc1cnc[nH]1)C(=O)N[C@H](C(=O)O)C(C)C. The summed E-state index contributed by atoms with van der Waals surface area (Å²) in [5, 5.41) is 32.8. The first kappa shape index (κ1) is 45.7. The van der Waals surface area contributed by atoms with Gasteiger partial charge in [-0.3, -0.25) is 28.8 Å². The van der Waals surface area contributed by atoms with Gasteiger partial charge in [0, 0.05) is 49.6 Å². The standard InChI is InChI=1S/C38H53N11O9S/c1-21(2)32(38(57)58)48-35(54)28(15-24-18-41-20-43-24)46-33(52)26(10-12-59-3)45-36(55)30-5-4-11-49(30)37(56)29(13-22-6-8-25(50)9-7-22)47-34(53)27(44-31(51)16-39)14-23-17-40-19-42-23/h6-9,17-21,26-30,32,50H,4-5,10-16,39H2,1-3H3,(H,40,42)(H,41,43)(H,44,51)(H,45,55)(H,46,52)(H,47,53)(H,48,54)(H,57,58)/t26-,27-,28-,29-,30-,32-/m0/s1. The first-order valence-electron chi connectivity index (χ1n) is 19.2. The van der Waals surface area contributed by atoms with Crippen LogP contribution in [0.1, 0.15) is 50.1 Å². The van der Waals surface area contributed by atoms with Crippen molar-refractivity contribution in [3.63, 3.8) is 0 Å². The number of nitrogens with two attached hydrogens (primary N) is 1.